The normalized spacial score (nSPS) is 16.6. The van der Waals surface area contributed by atoms with Crippen molar-refractivity contribution < 1.29 is 37.1 Å². The monoisotopic (exact) mass is 531 g/mol. The number of rotatable bonds is 10. The Kier molecular flexibility index (Phi) is 9.40. The first-order valence-corrected chi connectivity index (χ1v) is 11.8. The number of hydrogen-bond donors (Lipinski definition) is 1. The Labute approximate surface area is 218 Å². The van der Waals surface area contributed by atoms with E-state index < -0.39 is 48.3 Å². The number of nitrogens with one attached hydrogen (secondary N) is 1. The van der Waals surface area contributed by atoms with E-state index in [2.05, 4.69) is 5.32 Å². The lowest BCUT2D eigenvalue weighted by molar-refractivity contribution is -0.173. The minimum Gasteiger partial charge on any atom is -0.385 e. The molecule has 11 heteroatoms. The summed E-state index contributed by atoms with van der Waals surface area (Å²) in [6, 6.07) is 13.6. The zero-order valence-corrected chi connectivity index (χ0v) is 20.9. The molecule has 0 bridgehead atoms. The van der Waals surface area contributed by atoms with E-state index in [1.54, 1.807) is 60.7 Å². The van der Waals surface area contributed by atoms with E-state index >= 15 is 0 Å². The van der Waals surface area contributed by atoms with Crippen molar-refractivity contribution in [2.75, 3.05) is 20.3 Å². The third-order valence-corrected chi connectivity index (χ3v) is 5.98. The maximum Gasteiger partial charge on any atom is 0.452 e. The molecule has 38 heavy (non-hydrogen) atoms. The number of carbonyl (C=O) groups excluding carboxylic acids is 4. The van der Waals surface area contributed by atoms with Crippen LogP contribution >= 0.6 is 0 Å². The largest absolute Gasteiger partial charge is 0.452 e. The summed E-state index contributed by atoms with van der Waals surface area (Å²) in [6.07, 6.45) is -3.98. The Morgan fingerprint density at radius 3 is 2.18 bits per heavy atom. The lowest BCUT2D eigenvalue weighted by Gasteiger charge is -2.39. The summed E-state index contributed by atoms with van der Waals surface area (Å²) in [6.45, 7) is 0.782. The van der Waals surface area contributed by atoms with Gasteiger partial charge < -0.3 is 15.0 Å². The second-order valence-electron chi connectivity index (χ2n) is 8.70. The number of amides is 3. The topological polar surface area (TPSA) is 96.0 Å². The molecule has 0 aliphatic carbocycles. The fourth-order valence-corrected chi connectivity index (χ4v) is 4.15. The van der Waals surface area contributed by atoms with Crippen LogP contribution in [0.3, 0.4) is 0 Å². The molecule has 2 aromatic carbocycles. The molecule has 0 spiro atoms. The molecule has 3 rings (SSSR count). The van der Waals surface area contributed by atoms with Gasteiger partial charge >= 0.3 is 6.18 Å². The molecule has 2 atom stereocenters. The molecular formula is C27H28F3N3O5. The Morgan fingerprint density at radius 1 is 1.03 bits per heavy atom. The molecule has 1 N–H and O–H groups in total. The van der Waals surface area contributed by atoms with Crippen LogP contribution in [0.2, 0.25) is 0 Å². The first-order valence-electron chi connectivity index (χ1n) is 11.8. The van der Waals surface area contributed by atoms with E-state index in [-0.39, 0.29) is 25.1 Å². The molecule has 0 radical (unpaired) electrons. The molecule has 3 amide bonds. The van der Waals surface area contributed by atoms with Crippen molar-refractivity contribution in [3.63, 3.8) is 0 Å². The molecule has 0 saturated heterocycles. The van der Waals surface area contributed by atoms with E-state index in [9.17, 15) is 32.3 Å². The molecule has 0 unspecified atom stereocenters. The predicted molar refractivity (Wildman–Crippen MR) is 132 cm³/mol. The average molecular weight is 532 g/mol. The molecule has 2 aromatic rings. The molecule has 8 nitrogen and oxygen atoms in total. The number of Topliss-reactive ketones (excluding diaryl/α,β-unsaturated/α-hetero) is 1. The maximum absolute atomic E-state index is 13.5. The minimum atomic E-state index is -5.17. The fraction of sp³-hybridized carbons (Fsp3) is 0.333. The molecule has 1 aliphatic rings. The first kappa shape index (κ1) is 28.6. The van der Waals surface area contributed by atoms with Gasteiger partial charge in [-0.3, -0.25) is 24.1 Å². The lowest BCUT2D eigenvalue weighted by Crippen LogP contribution is -2.56. The summed E-state index contributed by atoms with van der Waals surface area (Å²) >= 11 is 0. The summed E-state index contributed by atoms with van der Waals surface area (Å²) < 4.78 is 45.0. The van der Waals surface area contributed by atoms with Gasteiger partial charge in [0.05, 0.1) is 5.70 Å². The predicted octanol–water partition coefficient (Wildman–Crippen LogP) is 2.94. The molecule has 0 aromatic heterocycles. The standard InChI is InChI=1S/C27H28F3N3O5/c1-18(34)32-16-23(20-11-7-4-8-12-20)33(26(37)22(32)13-14-38-2)17-24(35)31-21(25(36)27(28,29)30)15-19-9-5-3-6-10-19/h3-12,16,21-22H,13-15,17H2,1-2H3,(H,31,35)/t21-,22-/m0/s1. The highest BCUT2D eigenvalue weighted by atomic mass is 19.4. The summed E-state index contributed by atoms with van der Waals surface area (Å²) in [7, 11) is 1.44. The van der Waals surface area contributed by atoms with Gasteiger partial charge in [0.2, 0.25) is 11.8 Å². The van der Waals surface area contributed by atoms with Crippen LogP contribution in [0.1, 0.15) is 24.5 Å². The zero-order valence-electron chi connectivity index (χ0n) is 20.9. The number of hydrogen-bond acceptors (Lipinski definition) is 5. The second kappa shape index (κ2) is 12.5. The van der Waals surface area contributed by atoms with Gasteiger partial charge in [0.25, 0.3) is 11.7 Å². The van der Waals surface area contributed by atoms with E-state index in [1.165, 1.54) is 25.1 Å². The molecular weight excluding hydrogens is 503 g/mol. The Bertz CT molecular complexity index is 1190. The van der Waals surface area contributed by atoms with Crippen molar-refractivity contribution in [2.24, 2.45) is 0 Å². The quantitative estimate of drug-likeness (QED) is 0.509. The number of nitrogens with zero attached hydrogens (tertiary/aromatic N) is 2. The van der Waals surface area contributed by atoms with Crippen molar-refractivity contribution in [3.05, 3.63) is 78.0 Å². The third-order valence-electron chi connectivity index (χ3n) is 5.98. The number of carbonyl (C=O) groups is 4. The van der Waals surface area contributed by atoms with Crippen LogP contribution in [0.15, 0.2) is 66.9 Å². The number of benzene rings is 2. The number of methoxy groups -OCH3 is 1. The number of ether oxygens (including phenoxy) is 1. The van der Waals surface area contributed by atoms with Gasteiger partial charge in [-0.25, -0.2) is 0 Å². The minimum absolute atomic E-state index is 0.134. The molecule has 0 saturated carbocycles. The van der Waals surface area contributed by atoms with Gasteiger partial charge in [-0.1, -0.05) is 60.7 Å². The average Bonchev–Trinajstić information content (AvgIpc) is 2.88. The van der Waals surface area contributed by atoms with Crippen molar-refractivity contribution in [2.45, 2.75) is 38.0 Å². The van der Waals surface area contributed by atoms with Crippen LogP contribution in [0.4, 0.5) is 13.2 Å². The van der Waals surface area contributed by atoms with Gasteiger partial charge in [-0.15, -0.1) is 0 Å². The van der Waals surface area contributed by atoms with E-state index in [0.717, 1.165) is 4.90 Å². The van der Waals surface area contributed by atoms with Gasteiger partial charge in [0.1, 0.15) is 18.6 Å². The van der Waals surface area contributed by atoms with Crippen molar-refractivity contribution >= 4 is 29.2 Å². The third kappa shape index (κ3) is 7.06. The SMILES string of the molecule is COCC[C@H]1C(=O)N(CC(=O)N[C@@H](Cc2ccccc2)C(=O)C(F)(F)F)C(c2ccccc2)=CN1C(C)=O. The van der Waals surface area contributed by atoms with Gasteiger partial charge in [0, 0.05) is 39.7 Å². The van der Waals surface area contributed by atoms with Crippen LogP contribution in [0.25, 0.3) is 5.70 Å². The van der Waals surface area contributed by atoms with Crippen LogP contribution in [0.5, 0.6) is 0 Å². The van der Waals surface area contributed by atoms with Crippen LogP contribution in [-0.2, 0) is 30.3 Å². The van der Waals surface area contributed by atoms with Crippen molar-refractivity contribution in [1.29, 1.82) is 0 Å². The maximum atomic E-state index is 13.5. The van der Waals surface area contributed by atoms with Crippen molar-refractivity contribution in [1.82, 2.24) is 15.1 Å². The first-order chi connectivity index (χ1) is 18.0. The Balaban J connectivity index is 1.92. The highest BCUT2D eigenvalue weighted by Crippen LogP contribution is 2.28. The van der Waals surface area contributed by atoms with Crippen LogP contribution in [0, 0.1) is 0 Å². The molecule has 1 heterocycles. The van der Waals surface area contributed by atoms with Gasteiger partial charge in [-0.2, -0.15) is 13.2 Å². The number of halogens is 3. The van der Waals surface area contributed by atoms with Crippen LogP contribution < -0.4 is 5.32 Å². The molecule has 1 aliphatic heterocycles. The van der Waals surface area contributed by atoms with E-state index in [1.807, 2.05) is 0 Å². The van der Waals surface area contributed by atoms with Gasteiger partial charge in [-0.05, 0) is 11.1 Å². The smallest absolute Gasteiger partial charge is 0.385 e. The Hall–Kier alpha value is -3.99. The fourth-order valence-electron chi connectivity index (χ4n) is 4.15. The number of alkyl halides is 3. The highest BCUT2D eigenvalue weighted by Gasteiger charge is 2.44. The second-order valence-corrected chi connectivity index (χ2v) is 8.70. The van der Waals surface area contributed by atoms with Gasteiger partial charge in [0.15, 0.2) is 0 Å². The zero-order chi connectivity index (χ0) is 27.9. The molecule has 202 valence electrons. The molecule has 0 fully saturated rings. The van der Waals surface area contributed by atoms with Crippen molar-refractivity contribution in [3.8, 4) is 0 Å². The number of ketones is 1. The summed E-state index contributed by atoms with van der Waals surface area (Å²) in [5.74, 6) is -4.06. The van der Waals surface area contributed by atoms with E-state index in [4.69, 9.17) is 4.74 Å². The van der Waals surface area contributed by atoms with E-state index in [0.29, 0.717) is 11.1 Å². The summed E-state index contributed by atoms with van der Waals surface area (Å²) in [4.78, 5) is 53.5. The highest BCUT2D eigenvalue weighted by molar-refractivity contribution is 6.00. The lowest BCUT2D eigenvalue weighted by atomic mass is 10.0. The summed E-state index contributed by atoms with van der Waals surface area (Å²) in [5.41, 5.74) is 1.15. The Morgan fingerprint density at radius 2 is 1.63 bits per heavy atom. The van der Waals surface area contributed by atoms with Crippen LogP contribution in [-0.4, -0.2) is 71.8 Å². The summed E-state index contributed by atoms with van der Waals surface area (Å²) in [5, 5.41) is 2.17.